The first-order valence-electron chi connectivity index (χ1n) is 4.41. The first-order valence-corrected chi connectivity index (χ1v) is 4.82. The molecule has 0 fully saturated rings. The molecule has 0 aliphatic carbocycles. The molecule has 1 aromatic heterocycles. The summed E-state index contributed by atoms with van der Waals surface area (Å²) in [5.41, 5.74) is 2.50. The smallest absolute Gasteiger partial charge is 0.195 e. The lowest BCUT2D eigenvalue weighted by Gasteiger charge is -2.01. The van der Waals surface area contributed by atoms with Gasteiger partial charge in [-0.3, -0.25) is 5.10 Å². The van der Waals surface area contributed by atoms with Crippen molar-refractivity contribution in [2.45, 2.75) is 13.5 Å². The fourth-order valence-electron chi connectivity index (χ4n) is 1.27. The molecule has 0 saturated carbocycles. The van der Waals surface area contributed by atoms with Crippen LogP contribution in [0.5, 0.6) is 0 Å². The molecule has 0 spiro atoms. The standard InChI is InChI=1S/C10H11N3S/c1-8-2-4-9(5-3-8)6-13-7-11-12-10(13)14/h2-5,7H,6H2,1H3,(H,12,14). The molecule has 0 radical (unpaired) electrons. The number of H-pyrrole nitrogens is 1. The molecule has 0 unspecified atom stereocenters. The van der Waals surface area contributed by atoms with Gasteiger partial charge in [0, 0.05) is 0 Å². The Morgan fingerprint density at radius 3 is 2.64 bits per heavy atom. The first-order chi connectivity index (χ1) is 6.75. The quantitative estimate of drug-likeness (QED) is 0.763. The molecule has 0 aliphatic heterocycles. The largest absolute Gasteiger partial charge is 0.302 e. The van der Waals surface area contributed by atoms with Gasteiger partial charge in [0.15, 0.2) is 4.77 Å². The second-order valence-electron chi connectivity index (χ2n) is 3.28. The van der Waals surface area contributed by atoms with E-state index in [-0.39, 0.29) is 0 Å². The molecule has 14 heavy (non-hydrogen) atoms. The van der Waals surface area contributed by atoms with Crippen molar-refractivity contribution >= 4 is 12.2 Å². The van der Waals surface area contributed by atoms with Crippen molar-refractivity contribution in [2.24, 2.45) is 0 Å². The van der Waals surface area contributed by atoms with Crippen LogP contribution in [0.3, 0.4) is 0 Å². The van der Waals surface area contributed by atoms with Crippen LogP contribution in [0, 0.1) is 11.7 Å². The van der Waals surface area contributed by atoms with Gasteiger partial charge in [-0.05, 0) is 24.7 Å². The summed E-state index contributed by atoms with van der Waals surface area (Å²) in [6.07, 6.45) is 1.71. The van der Waals surface area contributed by atoms with Crippen LogP contribution in [0.4, 0.5) is 0 Å². The maximum Gasteiger partial charge on any atom is 0.195 e. The van der Waals surface area contributed by atoms with Crippen molar-refractivity contribution in [1.82, 2.24) is 14.8 Å². The van der Waals surface area contributed by atoms with E-state index in [1.165, 1.54) is 11.1 Å². The summed E-state index contributed by atoms with van der Waals surface area (Å²) in [5, 5.41) is 6.60. The third-order valence-corrected chi connectivity index (χ3v) is 2.42. The lowest BCUT2D eigenvalue weighted by Crippen LogP contribution is -1.97. The van der Waals surface area contributed by atoms with E-state index in [9.17, 15) is 0 Å². The molecule has 0 bridgehead atoms. The Kier molecular flexibility index (Phi) is 2.45. The van der Waals surface area contributed by atoms with Gasteiger partial charge < -0.3 is 4.57 Å². The zero-order chi connectivity index (χ0) is 9.97. The van der Waals surface area contributed by atoms with Crippen molar-refractivity contribution in [1.29, 1.82) is 0 Å². The van der Waals surface area contributed by atoms with Crippen LogP contribution >= 0.6 is 12.2 Å². The van der Waals surface area contributed by atoms with Gasteiger partial charge in [-0.15, -0.1) is 0 Å². The Hall–Kier alpha value is -1.42. The van der Waals surface area contributed by atoms with Gasteiger partial charge in [-0.1, -0.05) is 29.8 Å². The predicted octanol–water partition coefficient (Wildman–Crippen LogP) is 2.30. The minimum Gasteiger partial charge on any atom is -0.302 e. The average Bonchev–Trinajstić information content (AvgIpc) is 2.56. The number of hydrogen-bond donors (Lipinski definition) is 1. The van der Waals surface area contributed by atoms with E-state index in [1.807, 2.05) is 4.57 Å². The molecule has 1 N–H and O–H groups in total. The highest BCUT2D eigenvalue weighted by Crippen LogP contribution is 2.05. The van der Waals surface area contributed by atoms with Crippen molar-refractivity contribution in [3.63, 3.8) is 0 Å². The lowest BCUT2D eigenvalue weighted by molar-refractivity contribution is 0.782. The first kappa shape index (κ1) is 9.15. The summed E-state index contributed by atoms with van der Waals surface area (Å²) >= 11 is 5.06. The fourth-order valence-corrected chi connectivity index (χ4v) is 1.44. The Labute approximate surface area is 87.4 Å². The van der Waals surface area contributed by atoms with Gasteiger partial charge in [0.1, 0.15) is 6.33 Å². The van der Waals surface area contributed by atoms with Crippen LogP contribution < -0.4 is 0 Å². The highest BCUT2D eigenvalue weighted by atomic mass is 32.1. The van der Waals surface area contributed by atoms with E-state index in [1.54, 1.807) is 6.33 Å². The molecule has 0 saturated heterocycles. The maximum atomic E-state index is 5.06. The van der Waals surface area contributed by atoms with Crippen molar-refractivity contribution in [2.75, 3.05) is 0 Å². The number of benzene rings is 1. The molecule has 4 heteroatoms. The van der Waals surface area contributed by atoms with Crippen molar-refractivity contribution in [3.05, 3.63) is 46.5 Å². The number of aromatic nitrogens is 3. The van der Waals surface area contributed by atoms with Crippen LogP contribution in [0.2, 0.25) is 0 Å². The molecule has 2 aromatic rings. The van der Waals surface area contributed by atoms with Crippen LogP contribution in [-0.2, 0) is 6.54 Å². The number of hydrogen-bond acceptors (Lipinski definition) is 2. The van der Waals surface area contributed by atoms with E-state index in [0.717, 1.165) is 6.54 Å². The summed E-state index contributed by atoms with van der Waals surface area (Å²) in [7, 11) is 0. The second kappa shape index (κ2) is 3.75. The summed E-state index contributed by atoms with van der Waals surface area (Å²) < 4.78 is 2.56. The van der Waals surface area contributed by atoms with Gasteiger partial charge in [0.2, 0.25) is 0 Å². The highest BCUT2D eigenvalue weighted by Gasteiger charge is 1.95. The summed E-state index contributed by atoms with van der Waals surface area (Å²) in [6, 6.07) is 8.40. The SMILES string of the molecule is Cc1ccc(Cn2cn[nH]c2=S)cc1. The molecule has 0 atom stereocenters. The number of aromatic amines is 1. The van der Waals surface area contributed by atoms with Crippen molar-refractivity contribution < 1.29 is 0 Å². The normalized spacial score (nSPS) is 10.4. The monoisotopic (exact) mass is 205 g/mol. The number of nitrogens with zero attached hydrogens (tertiary/aromatic N) is 2. The average molecular weight is 205 g/mol. The number of nitrogens with one attached hydrogen (secondary N) is 1. The molecule has 1 heterocycles. The molecule has 2 rings (SSSR count). The molecule has 0 aliphatic rings. The van der Waals surface area contributed by atoms with Gasteiger partial charge in [0.05, 0.1) is 6.54 Å². The molecule has 72 valence electrons. The molecular formula is C10H11N3S. The van der Waals surface area contributed by atoms with Crippen LogP contribution in [0.25, 0.3) is 0 Å². The van der Waals surface area contributed by atoms with Crippen LogP contribution in [0.15, 0.2) is 30.6 Å². The predicted molar refractivity (Wildman–Crippen MR) is 57.7 cm³/mol. The Morgan fingerprint density at radius 2 is 2.07 bits per heavy atom. The van der Waals surface area contributed by atoms with Crippen LogP contribution in [0.1, 0.15) is 11.1 Å². The topological polar surface area (TPSA) is 33.6 Å². The third-order valence-electron chi connectivity index (χ3n) is 2.09. The molecular weight excluding hydrogens is 194 g/mol. The maximum absolute atomic E-state index is 5.06. The Bertz CT molecular complexity index is 467. The Balaban J connectivity index is 2.23. The number of aryl methyl sites for hydroxylation is 1. The number of rotatable bonds is 2. The van der Waals surface area contributed by atoms with E-state index in [4.69, 9.17) is 12.2 Å². The second-order valence-corrected chi connectivity index (χ2v) is 3.66. The minimum absolute atomic E-state index is 0.658. The highest BCUT2D eigenvalue weighted by molar-refractivity contribution is 7.71. The van der Waals surface area contributed by atoms with E-state index in [0.29, 0.717) is 4.77 Å². The van der Waals surface area contributed by atoms with Gasteiger partial charge >= 0.3 is 0 Å². The lowest BCUT2D eigenvalue weighted by atomic mass is 10.1. The molecule has 3 nitrogen and oxygen atoms in total. The molecule has 1 aromatic carbocycles. The zero-order valence-corrected chi connectivity index (χ0v) is 8.71. The van der Waals surface area contributed by atoms with Gasteiger partial charge in [-0.2, -0.15) is 5.10 Å². The van der Waals surface area contributed by atoms with E-state index in [2.05, 4.69) is 41.4 Å². The van der Waals surface area contributed by atoms with Crippen LogP contribution in [-0.4, -0.2) is 14.8 Å². The van der Waals surface area contributed by atoms with Gasteiger partial charge in [-0.25, -0.2) is 0 Å². The van der Waals surface area contributed by atoms with E-state index >= 15 is 0 Å². The third kappa shape index (κ3) is 1.90. The zero-order valence-electron chi connectivity index (χ0n) is 7.90. The Morgan fingerprint density at radius 1 is 1.36 bits per heavy atom. The fraction of sp³-hybridized carbons (Fsp3) is 0.200. The van der Waals surface area contributed by atoms with Crippen molar-refractivity contribution in [3.8, 4) is 0 Å². The summed E-state index contributed by atoms with van der Waals surface area (Å²) in [6.45, 7) is 2.85. The molecule has 0 amide bonds. The summed E-state index contributed by atoms with van der Waals surface area (Å²) in [4.78, 5) is 0. The van der Waals surface area contributed by atoms with Gasteiger partial charge in [0.25, 0.3) is 0 Å². The summed E-state index contributed by atoms with van der Waals surface area (Å²) in [5.74, 6) is 0. The van der Waals surface area contributed by atoms with E-state index < -0.39 is 0 Å². The minimum atomic E-state index is 0.658.